The van der Waals surface area contributed by atoms with Crippen LogP contribution in [0, 0.1) is 0 Å². The summed E-state index contributed by atoms with van der Waals surface area (Å²) in [6.45, 7) is 1.29. The Morgan fingerprint density at radius 3 is 2.81 bits per heavy atom. The molecule has 0 atom stereocenters. The molecule has 0 aromatic carbocycles. The van der Waals surface area contributed by atoms with E-state index in [-0.39, 0.29) is 11.8 Å². The quantitative estimate of drug-likeness (QED) is 0.612. The topological polar surface area (TPSA) is 82.3 Å². The lowest BCUT2D eigenvalue weighted by molar-refractivity contribution is -0.132. The summed E-state index contributed by atoms with van der Waals surface area (Å²) < 4.78 is 4.87. The molecule has 84 valence electrons. The van der Waals surface area contributed by atoms with Gasteiger partial charge in [0.25, 0.3) is 0 Å². The smallest absolute Gasteiger partial charge is 0.309 e. The molecular weight excluding hydrogens is 208 g/mol. The van der Waals surface area contributed by atoms with E-state index in [0.29, 0.717) is 23.2 Å². The molecule has 5 nitrogen and oxygen atoms in total. The maximum atomic E-state index is 10.9. The standard InChI is InChI=1S/C11H12N2O3/c1-6(15)16-10-4-9(12)8(5-14)11(13-10)7-2-3-7/h4-5,7H,2-3H2,1H3,(H2,12,13). The fourth-order valence-electron chi connectivity index (χ4n) is 1.57. The minimum Gasteiger partial charge on any atom is -0.408 e. The molecule has 1 aliphatic rings. The number of nitrogen functional groups attached to an aromatic ring is 1. The molecule has 0 unspecified atom stereocenters. The number of hydrogen-bond donors (Lipinski definition) is 1. The molecule has 1 aliphatic carbocycles. The normalized spacial score (nSPS) is 14.6. The van der Waals surface area contributed by atoms with Crippen molar-refractivity contribution in [3.05, 3.63) is 17.3 Å². The van der Waals surface area contributed by atoms with Crippen LogP contribution in [0.15, 0.2) is 6.07 Å². The highest BCUT2D eigenvalue weighted by atomic mass is 16.5. The second kappa shape index (κ2) is 3.92. The van der Waals surface area contributed by atoms with E-state index in [1.54, 1.807) is 0 Å². The molecule has 0 saturated heterocycles. The van der Waals surface area contributed by atoms with Crippen molar-refractivity contribution in [2.24, 2.45) is 0 Å². The monoisotopic (exact) mass is 220 g/mol. The molecule has 1 heterocycles. The molecule has 1 saturated carbocycles. The van der Waals surface area contributed by atoms with Crippen molar-refractivity contribution >= 4 is 17.9 Å². The highest BCUT2D eigenvalue weighted by Gasteiger charge is 2.29. The zero-order valence-corrected chi connectivity index (χ0v) is 8.90. The zero-order valence-electron chi connectivity index (χ0n) is 8.90. The van der Waals surface area contributed by atoms with Crippen LogP contribution < -0.4 is 10.5 Å². The summed E-state index contributed by atoms with van der Waals surface area (Å²) in [5.41, 5.74) is 7.08. The Morgan fingerprint density at radius 2 is 2.31 bits per heavy atom. The van der Waals surface area contributed by atoms with E-state index in [9.17, 15) is 9.59 Å². The van der Waals surface area contributed by atoms with Crippen LogP contribution in [0.25, 0.3) is 0 Å². The third-order valence-corrected chi connectivity index (χ3v) is 2.43. The number of carbonyl (C=O) groups is 2. The van der Waals surface area contributed by atoms with E-state index in [1.165, 1.54) is 13.0 Å². The van der Waals surface area contributed by atoms with Crippen molar-refractivity contribution in [2.45, 2.75) is 25.7 Å². The van der Waals surface area contributed by atoms with Gasteiger partial charge in [0.05, 0.1) is 11.3 Å². The second-order valence-electron chi connectivity index (χ2n) is 3.83. The van der Waals surface area contributed by atoms with Gasteiger partial charge in [-0.2, -0.15) is 0 Å². The number of aldehydes is 1. The summed E-state index contributed by atoms with van der Waals surface area (Å²) in [4.78, 5) is 25.8. The summed E-state index contributed by atoms with van der Waals surface area (Å²) in [7, 11) is 0. The number of nitrogens with two attached hydrogens (primary N) is 1. The molecule has 0 bridgehead atoms. The maximum absolute atomic E-state index is 10.9. The van der Waals surface area contributed by atoms with Crippen LogP contribution in [0.4, 0.5) is 5.69 Å². The number of pyridine rings is 1. The fraction of sp³-hybridized carbons (Fsp3) is 0.364. The number of esters is 1. The van der Waals surface area contributed by atoms with Crippen molar-refractivity contribution in [3.63, 3.8) is 0 Å². The van der Waals surface area contributed by atoms with E-state index < -0.39 is 5.97 Å². The van der Waals surface area contributed by atoms with Gasteiger partial charge in [0.15, 0.2) is 6.29 Å². The van der Waals surface area contributed by atoms with Gasteiger partial charge < -0.3 is 10.5 Å². The van der Waals surface area contributed by atoms with Gasteiger partial charge in [-0.1, -0.05) is 0 Å². The first-order valence-corrected chi connectivity index (χ1v) is 5.06. The number of anilines is 1. The first-order valence-electron chi connectivity index (χ1n) is 5.06. The third-order valence-electron chi connectivity index (χ3n) is 2.43. The van der Waals surface area contributed by atoms with Gasteiger partial charge in [-0.3, -0.25) is 9.59 Å². The largest absolute Gasteiger partial charge is 0.408 e. The molecule has 0 amide bonds. The van der Waals surface area contributed by atoms with Crippen molar-refractivity contribution < 1.29 is 14.3 Å². The Bertz CT molecular complexity index is 453. The van der Waals surface area contributed by atoms with Crippen molar-refractivity contribution in [2.75, 3.05) is 5.73 Å². The fourth-order valence-corrected chi connectivity index (χ4v) is 1.57. The number of rotatable bonds is 3. The first-order chi connectivity index (χ1) is 7.61. The Kier molecular flexibility index (Phi) is 2.60. The van der Waals surface area contributed by atoms with Gasteiger partial charge >= 0.3 is 5.97 Å². The van der Waals surface area contributed by atoms with Crippen LogP contribution in [0.1, 0.15) is 41.7 Å². The van der Waals surface area contributed by atoms with Crippen LogP contribution in [-0.2, 0) is 4.79 Å². The van der Waals surface area contributed by atoms with Crippen LogP contribution in [0.2, 0.25) is 0 Å². The zero-order chi connectivity index (χ0) is 11.7. The lowest BCUT2D eigenvalue weighted by Crippen LogP contribution is -2.08. The summed E-state index contributed by atoms with van der Waals surface area (Å²) in [5.74, 6) is -0.0111. The van der Waals surface area contributed by atoms with Gasteiger partial charge in [-0.05, 0) is 12.8 Å². The highest BCUT2D eigenvalue weighted by molar-refractivity contribution is 5.85. The minimum absolute atomic E-state index is 0.164. The van der Waals surface area contributed by atoms with E-state index in [4.69, 9.17) is 10.5 Å². The number of aromatic nitrogens is 1. The Labute approximate surface area is 92.6 Å². The van der Waals surface area contributed by atoms with Crippen molar-refractivity contribution in [1.82, 2.24) is 4.98 Å². The molecule has 0 radical (unpaired) electrons. The molecule has 5 heteroatoms. The average Bonchev–Trinajstić information content (AvgIpc) is 2.98. The number of nitrogens with zero attached hydrogens (tertiary/aromatic N) is 1. The third kappa shape index (κ3) is 2.03. The van der Waals surface area contributed by atoms with Crippen molar-refractivity contribution in [3.8, 4) is 5.88 Å². The second-order valence-corrected chi connectivity index (χ2v) is 3.83. The molecule has 2 rings (SSSR count). The van der Waals surface area contributed by atoms with E-state index in [0.717, 1.165) is 12.8 Å². The van der Waals surface area contributed by atoms with E-state index in [1.807, 2.05) is 0 Å². The molecule has 0 spiro atoms. The van der Waals surface area contributed by atoms with Gasteiger partial charge in [-0.25, -0.2) is 4.98 Å². The molecule has 2 N–H and O–H groups in total. The van der Waals surface area contributed by atoms with Crippen molar-refractivity contribution in [1.29, 1.82) is 0 Å². The average molecular weight is 220 g/mol. The van der Waals surface area contributed by atoms with E-state index in [2.05, 4.69) is 4.98 Å². The molecular formula is C11H12N2O3. The molecule has 1 aromatic heterocycles. The number of hydrogen-bond acceptors (Lipinski definition) is 5. The number of ether oxygens (including phenoxy) is 1. The molecule has 0 aliphatic heterocycles. The molecule has 1 fully saturated rings. The Hall–Kier alpha value is -1.91. The molecule has 16 heavy (non-hydrogen) atoms. The number of carbonyl (C=O) groups excluding carboxylic acids is 2. The highest BCUT2D eigenvalue weighted by Crippen LogP contribution is 2.42. The van der Waals surface area contributed by atoms with Gasteiger partial charge in [-0.15, -0.1) is 0 Å². The lowest BCUT2D eigenvalue weighted by atomic mass is 10.1. The predicted molar refractivity (Wildman–Crippen MR) is 57.3 cm³/mol. The van der Waals surface area contributed by atoms with Crippen LogP contribution in [-0.4, -0.2) is 17.2 Å². The molecule has 1 aromatic rings. The Morgan fingerprint density at radius 1 is 1.62 bits per heavy atom. The lowest BCUT2D eigenvalue weighted by Gasteiger charge is -2.08. The van der Waals surface area contributed by atoms with E-state index >= 15 is 0 Å². The Balaban J connectivity index is 2.43. The van der Waals surface area contributed by atoms with Gasteiger partial charge in [0.1, 0.15) is 0 Å². The van der Waals surface area contributed by atoms with Crippen LogP contribution in [0.5, 0.6) is 5.88 Å². The summed E-state index contributed by atoms with van der Waals surface area (Å²) in [6, 6.07) is 1.40. The maximum Gasteiger partial charge on any atom is 0.309 e. The van der Waals surface area contributed by atoms with Gasteiger partial charge in [0.2, 0.25) is 5.88 Å². The minimum atomic E-state index is -0.451. The predicted octanol–water partition coefficient (Wildman–Crippen LogP) is 1.28. The summed E-state index contributed by atoms with van der Waals surface area (Å²) in [6.07, 6.45) is 2.70. The first kappa shape index (κ1) is 10.6. The van der Waals surface area contributed by atoms with Gasteiger partial charge in [0, 0.05) is 24.6 Å². The van der Waals surface area contributed by atoms with Crippen LogP contribution in [0.3, 0.4) is 0 Å². The SMILES string of the molecule is CC(=O)Oc1cc(N)c(C=O)c(C2CC2)n1. The van der Waals surface area contributed by atoms with Crippen LogP contribution >= 0.6 is 0 Å². The summed E-state index contributed by atoms with van der Waals surface area (Å²) in [5, 5.41) is 0. The summed E-state index contributed by atoms with van der Waals surface area (Å²) >= 11 is 0.